The fraction of sp³-hybridized carbons (Fsp3) is 0.545. The molecule has 0 amide bonds. The first-order valence-corrected chi connectivity index (χ1v) is 11.3. The lowest BCUT2D eigenvalue weighted by molar-refractivity contribution is 0.331. The van der Waals surface area contributed by atoms with Gasteiger partial charge in [0, 0.05) is 37.8 Å². The van der Waals surface area contributed by atoms with Gasteiger partial charge in [-0.15, -0.1) is 35.3 Å². The second-order valence-electron chi connectivity index (χ2n) is 7.49. The first kappa shape index (κ1) is 24.1. The monoisotopic (exact) mass is 527 g/mol. The maximum Gasteiger partial charge on any atom is 0.191 e. The van der Waals surface area contributed by atoms with Crippen molar-refractivity contribution in [2.45, 2.75) is 52.1 Å². The average molecular weight is 528 g/mol. The van der Waals surface area contributed by atoms with E-state index in [0.717, 1.165) is 50.6 Å². The van der Waals surface area contributed by atoms with E-state index in [0.29, 0.717) is 0 Å². The summed E-state index contributed by atoms with van der Waals surface area (Å²) < 4.78 is 0. The van der Waals surface area contributed by atoms with E-state index in [1.54, 1.807) is 11.3 Å². The Morgan fingerprint density at radius 2 is 1.83 bits per heavy atom. The third-order valence-corrected chi connectivity index (χ3v) is 6.11. The Morgan fingerprint density at radius 3 is 2.48 bits per heavy atom. The van der Waals surface area contributed by atoms with Crippen LogP contribution in [0.5, 0.6) is 0 Å². The van der Waals surface area contributed by atoms with Crippen LogP contribution in [0.1, 0.15) is 47.5 Å². The number of aromatic nitrogens is 1. The highest BCUT2D eigenvalue weighted by molar-refractivity contribution is 14.0. The van der Waals surface area contributed by atoms with Gasteiger partial charge in [0.05, 0.1) is 5.01 Å². The van der Waals surface area contributed by atoms with Crippen molar-refractivity contribution in [1.29, 1.82) is 0 Å². The van der Waals surface area contributed by atoms with Crippen LogP contribution < -0.4 is 10.6 Å². The van der Waals surface area contributed by atoms with Crippen LogP contribution in [0.2, 0.25) is 0 Å². The maximum absolute atomic E-state index is 4.52. The van der Waals surface area contributed by atoms with Crippen LogP contribution in [0.4, 0.5) is 0 Å². The summed E-state index contributed by atoms with van der Waals surface area (Å²) in [6.07, 6.45) is 6.02. The lowest BCUT2D eigenvalue weighted by Gasteiger charge is -2.15. The fourth-order valence-electron chi connectivity index (χ4n) is 3.49. The third-order valence-electron chi connectivity index (χ3n) is 5.09. The van der Waals surface area contributed by atoms with Gasteiger partial charge < -0.3 is 10.6 Å². The number of guanidine groups is 1. The van der Waals surface area contributed by atoms with Gasteiger partial charge >= 0.3 is 0 Å². The molecule has 2 aromatic rings. The molecule has 1 aromatic carbocycles. The van der Waals surface area contributed by atoms with Crippen molar-refractivity contribution in [1.82, 2.24) is 20.5 Å². The average Bonchev–Trinajstić information content (AvgIpc) is 3.37. The van der Waals surface area contributed by atoms with Gasteiger partial charge in [0.2, 0.25) is 0 Å². The number of nitrogens with zero attached hydrogens (tertiary/aromatic N) is 3. The summed E-state index contributed by atoms with van der Waals surface area (Å²) in [7, 11) is 1.83. The number of hydrogen-bond donors (Lipinski definition) is 2. The number of aryl methyl sites for hydroxylation is 2. The van der Waals surface area contributed by atoms with Crippen molar-refractivity contribution in [2.24, 2.45) is 4.99 Å². The predicted octanol–water partition coefficient (Wildman–Crippen LogP) is 4.35. The summed E-state index contributed by atoms with van der Waals surface area (Å²) in [5, 5.41) is 10.2. The van der Waals surface area contributed by atoms with Gasteiger partial charge in [-0.3, -0.25) is 9.89 Å². The summed E-state index contributed by atoms with van der Waals surface area (Å²) in [5.74, 6) is 0.867. The number of hydrogen-bond acceptors (Lipinski definition) is 4. The molecular weight excluding hydrogens is 493 g/mol. The van der Waals surface area contributed by atoms with E-state index < -0.39 is 0 Å². The molecule has 1 fully saturated rings. The molecule has 3 rings (SSSR count). The zero-order valence-electron chi connectivity index (χ0n) is 17.6. The molecule has 0 spiro atoms. The second-order valence-corrected chi connectivity index (χ2v) is 8.43. The molecule has 0 radical (unpaired) electrons. The van der Waals surface area contributed by atoms with Crippen molar-refractivity contribution < 1.29 is 0 Å². The number of halogens is 1. The molecule has 29 heavy (non-hydrogen) atoms. The molecular formula is C22H34IN5S. The van der Waals surface area contributed by atoms with E-state index in [-0.39, 0.29) is 24.0 Å². The number of thiazole rings is 1. The van der Waals surface area contributed by atoms with Crippen LogP contribution >= 0.6 is 35.3 Å². The Morgan fingerprint density at radius 1 is 1.10 bits per heavy atom. The van der Waals surface area contributed by atoms with Crippen molar-refractivity contribution in [3.05, 3.63) is 51.5 Å². The summed E-state index contributed by atoms with van der Waals surface area (Å²) in [5.41, 5.74) is 3.82. The van der Waals surface area contributed by atoms with Gasteiger partial charge in [-0.1, -0.05) is 24.3 Å². The summed E-state index contributed by atoms with van der Waals surface area (Å²) in [6, 6.07) is 8.96. The van der Waals surface area contributed by atoms with Gasteiger partial charge in [-0.05, 0) is 63.2 Å². The van der Waals surface area contributed by atoms with E-state index in [1.165, 1.54) is 42.1 Å². The zero-order chi connectivity index (χ0) is 19.6. The number of likely N-dealkylation sites (tertiary alicyclic amines) is 1. The zero-order valence-corrected chi connectivity index (χ0v) is 20.8. The van der Waals surface area contributed by atoms with E-state index in [1.807, 2.05) is 7.05 Å². The molecule has 5 nitrogen and oxygen atoms in total. The van der Waals surface area contributed by atoms with Crippen molar-refractivity contribution >= 4 is 41.3 Å². The van der Waals surface area contributed by atoms with Gasteiger partial charge in [0.25, 0.3) is 0 Å². The first-order valence-electron chi connectivity index (χ1n) is 10.4. The number of unbranched alkanes of at least 4 members (excludes halogenated alkanes) is 1. The summed E-state index contributed by atoms with van der Waals surface area (Å²) >= 11 is 1.76. The topological polar surface area (TPSA) is 52.6 Å². The summed E-state index contributed by atoms with van der Waals surface area (Å²) in [4.78, 5) is 11.4. The maximum atomic E-state index is 4.52. The number of nitrogens with one attached hydrogen (secondary N) is 2. The molecule has 2 N–H and O–H groups in total. The van der Waals surface area contributed by atoms with Gasteiger partial charge in [-0.2, -0.15) is 0 Å². The number of aliphatic imine (C=N–C) groups is 1. The smallest absolute Gasteiger partial charge is 0.191 e. The van der Waals surface area contributed by atoms with Crippen LogP contribution in [0.15, 0.2) is 34.6 Å². The van der Waals surface area contributed by atoms with Gasteiger partial charge in [0.1, 0.15) is 0 Å². The predicted molar refractivity (Wildman–Crippen MR) is 134 cm³/mol. The molecule has 1 saturated heterocycles. The standard InChI is InChI=1S/C22H33N5S.HI/c1-18-17-28-21(26-18)7-3-4-12-24-22(23-2)25-15-19-8-10-20(11-9-19)16-27-13-5-6-14-27;/h8-11,17H,3-7,12-16H2,1-2H3,(H2,23,24,25);1H. The van der Waals surface area contributed by atoms with E-state index in [2.05, 4.69) is 62.1 Å². The van der Waals surface area contributed by atoms with Crippen molar-refractivity contribution in [3.63, 3.8) is 0 Å². The van der Waals surface area contributed by atoms with E-state index in [9.17, 15) is 0 Å². The second kappa shape index (κ2) is 13.2. The minimum absolute atomic E-state index is 0. The van der Waals surface area contributed by atoms with Crippen LogP contribution in [0, 0.1) is 6.92 Å². The molecule has 7 heteroatoms. The molecule has 0 bridgehead atoms. The molecule has 0 unspecified atom stereocenters. The Bertz CT molecular complexity index is 738. The summed E-state index contributed by atoms with van der Waals surface area (Å²) in [6.45, 7) is 7.35. The first-order chi connectivity index (χ1) is 13.7. The fourth-order valence-corrected chi connectivity index (χ4v) is 4.31. The largest absolute Gasteiger partial charge is 0.356 e. The van der Waals surface area contributed by atoms with Crippen LogP contribution in [0.3, 0.4) is 0 Å². The van der Waals surface area contributed by atoms with Gasteiger partial charge in [0.15, 0.2) is 5.96 Å². The van der Waals surface area contributed by atoms with Crippen LogP contribution in [-0.4, -0.2) is 42.5 Å². The Hall–Kier alpha value is -1.19. The molecule has 0 atom stereocenters. The number of benzene rings is 1. The van der Waals surface area contributed by atoms with Crippen LogP contribution in [-0.2, 0) is 19.5 Å². The Balaban J connectivity index is 0.00000300. The molecule has 2 heterocycles. The highest BCUT2D eigenvalue weighted by atomic mass is 127. The SMILES string of the molecule is CN=C(NCCCCc1nc(C)cs1)NCc1ccc(CN2CCCC2)cc1.I. The molecule has 1 aromatic heterocycles. The normalized spacial score (nSPS) is 14.6. The van der Waals surface area contributed by atoms with Crippen LogP contribution in [0.25, 0.3) is 0 Å². The highest BCUT2D eigenvalue weighted by Crippen LogP contribution is 2.13. The van der Waals surface area contributed by atoms with E-state index in [4.69, 9.17) is 0 Å². The molecule has 160 valence electrons. The Kier molecular flexibility index (Phi) is 10.9. The molecule has 0 saturated carbocycles. The van der Waals surface area contributed by atoms with Crippen molar-refractivity contribution in [3.8, 4) is 0 Å². The molecule has 1 aliphatic heterocycles. The minimum Gasteiger partial charge on any atom is -0.356 e. The minimum atomic E-state index is 0. The number of rotatable bonds is 9. The van der Waals surface area contributed by atoms with E-state index >= 15 is 0 Å². The lowest BCUT2D eigenvalue weighted by atomic mass is 10.1. The molecule has 1 aliphatic rings. The Labute approximate surface area is 196 Å². The van der Waals surface area contributed by atoms with Gasteiger partial charge in [-0.25, -0.2) is 4.98 Å². The van der Waals surface area contributed by atoms with Crippen molar-refractivity contribution in [2.75, 3.05) is 26.7 Å². The molecule has 0 aliphatic carbocycles. The third kappa shape index (κ3) is 8.60. The highest BCUT2D eigenvalue weighted by Gasteiger charge is 2.11. The quantitative estimate of drug-likeness (QED) is 0.220. The lowest BCUT2D eigenvalue weighted by Crippen LogP contribution is -2.37.